The van der Waals surface area contributed by atoms with Crippen LogP contribution in [0.1, 0.15) is 5.01 Å². The second kappa shape index (κ2) is 8.06. The van der Waals surface area contributed by atoms with Gasteiger partial charge in [-0.25, -0.2) is 15.0 Å². The summed E-state index contributed by atoms with van der Waals surface area (Å²) in [6.45, 7) is 0. The number of fused-ring (bicyclic) bond motifs is 1. The van der Waals surface area contributed by atoms with Crippen LogP contribution in [0, 0.1) is 0 Å². The van der Waals surface area contributed by atoms with Gasteiger partial charge in [-0.3, -0.25) is 0 Å². The predicted molar refractivity (Wildman–Crippen MR) is 114 cm³/mol. The molecule has 0 unspecified atom stereocenters. The molecule has 0 bridgehead atoms. The predicted octanol–water partition coefficient (Wildman–Crippen LogP) is 5.20. The van der Waals surface area contributed by atoms with Gasteiger partial charge in [0.2, 0.25) is 0 Å². The Kier molecular flexibility index (Phi) is 5.16. The first-order valence-electron chi connectivity index (χ1n) is 8.60. The first-order valence-corrected chi connectivity index (χ1v) is 9.41. The lowest BCUT2D eigenvalue weighted by atomic mass is 10.2. The Balaban J connectivity index is 1.62. The molecule has 0 aliphatic carbocycles. The van der Waals surface area contributed by atoms with Crippen LogP contribution in [0.2, 0.25) is 0 Å². The van der Waals surface area contributed by atoms with Gasteiger partial charge in [0.15, 0.2) is 5.82 Å². The fraction of sp³-hybridized carbons (Fsp3) is 0.0952. The van der Waals surface area contributed by atoms with Crippen molar-refractivity contribution >= 4 is 45.0 Å². The minimum absolute atomic E-state index is 0.634. The van der Waals surface area contributed by atoms with E-state index in [4.69, 9.17) is 9.47 Å². The van der Waals surface area contributed by atoms with E-state index in [9.17, 15) is 0 Å². The zero-order valence-corrected chi connectivity index (χ0v) is 16.2. The first-order chi connectivity index (χ1) is 13.7. The van der Waals surface area contributed by atoms with Crippen molar-refractivity contribution in [3.05, 3.63) is 65.8 Å². The molecule has 28 heavy (non-hydrogen) atoms. The van der Waals surface area contributed by atoms with E-state index in [1.807, 2.05) is 48.5 Å². The summed E-state index contributed by atoms with van der Waals surface area (Å²) in [4.78, 5) is 13.6. The molecule has 7 heteroatoms. The Labute approximate surface area is 166 Å². The molecule has 0 saturated heterocycles. The number of thiazole rings is 1. The van der Waals surface area contributed by atoms with E-state index in [1.54, 1.807) is 38.0 Å². The smallest absolute Gasteiger partial charge is 0.156 e. The van der Waals surface area contributed by atoms with Gasteiger partial charge in [0, 0.05) is 30.1 Å². The van der Waals surface area contributed by atoms with E-state index in [2.05, 4.69) is 26.3 Å². The van der Waals surface area contributed by atoms with Crippen molar-refractivity contribution in [3.8, 4) is 11.5 Å². The van der Waals surface area contributed by atoms with Crippen LogP contribution < -0.4 is 14.8 Å². The molecular weight excluding hydrogens is 372 g/mol. The maximum Gasteiger partial charge on any atom is 0.156 e. The summed E-state index contributed by atoms with van der Waals surface area (Å²) >= 11 is 1.60. The normalized spacial score (nSPS) is 11.1. The Hall–Kier alpha value is -3.45. The number of rotatable bonds is 6. The van der Waals surface area contributed by atoms with E-state index in [0.717, 1.165) is 20.9 Å². The Bertz CT molecular complexity index is 1080. The molecule has 4 rings (SSSR count). The highest BCUT2D eigenvalue weighted by Crippen LogP contribution is 2.31. The highest BCUT2D eigenvalue weighted by Gasteiger charge is 2.07. The topological polar surface area (TPSA) is 68.6 Å². The Morgan fingerprint density at radius 3 is 2.54 bits per heavy atom. The fourth-order valence-corrected chi connectivity index (χ4v) is 3.52. The molecule has 2 heterocycles. The Morgan fingerprint density at radius 1 is 1.00 bits per heavy atom. The number of aliphatic imine (C=N–C) groups is 1. The molecule has 2 aromatic carbocycles. The van der Waals surface area contributed by atoms with Gasteiger partial charge in [0.25, 0.3) is 0 Å². The standard InChI is InChI=1S/C21H18N4O2S/c1-26-15-10-14(11-16(12-15)27-2)24-21-18(7-5-9-22-21)23-13-20-25-17-6-3-4-8-19(17)28-20/h3-13H,1-2H3,(H,22,24). The first kappa shape index (κ1) is 17.9. The zero-order chi connectivity index (χ0) is 19.3. The monoisotopic (exact) mass is 390 g/mol. The lowest BCUT2D eigenvalue weighted by Gasteiger charge is -2.11. The quantitative estimate of drug-likeness (QED) is 0.458. The fourth-order valence-electron chi connectivity index (χ4n) is 2.68. The number of para-hydroxylation sites is 1. The van der Waals surface area contributed by atoms with Gasteiger partial charge in [-0.1, -0.05) is 12.1 Å². The average Bonchev–Trinajstić information content (AvgIpc) is 3.16. The van der Waals surface area contributed by atoms with Crippen LogP contribution in [-0.4, -0.2) is 30.4 Å². The lowest BCUT2D eigenvalue weighted by molar-refractivity contribution is 0.395. The van der Waals surface area contributed by atoms with Crippen LogP contribution in [0.25, 0.3) is 10.2 Å². The van der Waals surface area contributed by atoms with Crippen molar-refractivity contribution in [2.45, 2.75) is 0 Å². The zero-order valence-electron chi connectivity index (χ0n) is 15.4. The van der Waals surface area contributed by atoms with Gasteiger partial charge < -0.3 is 14.8 Å². The number of anilines is 2. The minimum Gasteiger partial charge on any atom is -0.497 e. The molecule has 0 radical (unpaired) electrons. The molecule has 0 aliphatic heterocycles. The maximum absolute atomic E-state index is 5.32. The number of methoxy groups -OCH3 is 2. The van der Waals surface area contributed by atoms with Gasteiger partial charge in [-0.2, -0.15) is 0 Å². The molecule has 0 saturated carbocycles. The van der Waals surface area contributed by atoms with Crippen molar-refractivity contribution in [1.82, 2.24) is 9.97 Å². The Morgan fingerprint density at radius 2 is 1.79 bits per heavy atom. The molecular formula is C21H18N4O2S. The largest absolute Gasteiger partial charge is 0.497 e. The van der Waals surface area contributed by atoms with Crippen molar-refractivity contribution in [3.63, 3.8) is 0 Å². The lowest BCUT2D eigenvalue weighted by Crippen LogP contribution is -1.96. The van der Waals surface area contributed by atoms with Crippen LogP contribution >= 0.6 is 11.3 Å². The van der Waals surface area contributed by atoms with Crippen LogP contribution in [-0.2, 0) is 0 Å². The SMILES string of the molecule is COc1cc(Nc2ncccc2N=Cc2nc3ccccc3s2)cc(OC)c1. The van der Waals surface area contributed by atoms with Crippen LogP contribution in [0.5, 0.6) is 11.5 Å². The van der Waals surface area contributed by atoms with E-state index in [1.165, 1.54) is 0 Å². The summed E-state index contributed by atoms with van der Waals surface area (Å²) < 4.78 is 11.8. The third kappa shape index (κ3) is 3.94. The van der Waals surface area contributed by atoms with Crippen LogP contribution in [0.4, 0.5) is 17.2 Å². The highest BCUT2D eigenvalue weighted by molar-refractivity contribution is 7.20. The number of pyridine rings is 1. The van der Waals surface area contributed by atoms with Crippen molar-refractivity contribution in [2.75, 3.05) is 19.5 Å². The summed E-state index contributed by atoms with van der Waals surface area (Å²) in [5.41, 5.74) is 2.48. The molecule has 0 aliphatic rings. The van der Waals surface area contributed by atoms with Crippen LogP contribution in [0.15, 0.2) is 65.8 Å². The second-order valence-corrected chi connectivity index (χ2v) is 6.94. The summed E-state index contributed by atoms with van der Waals surface area (Å²) in [6, 6.07) is 17.3. The van der Waals surface area contributed by atoms with Crippen molar-refractivity contribution in [2.24, 2.45) is 4.99 Å². The molecule has 0 fully saturated rings. The van der Waals surface area contributed by atoms with E-state index in [-0.39, 0.29) is 0 Å². The molecule has 6 nitrogen and oxygen atoms in total. The van der Waals surface area contributed by atoms with Gasteiger partial charge in [-0.15, -0.1) is 11.3 Å². The number of benzene rings is 2. The summed E-state index contributed by atoms with van der Waals surface area (Å²) in [5, 5.41) is 4.13. The third-order valence-electron chi connectivity index (χ3n) is 4.03. The summed E-state index contributed by atoms with van der Waals surface area (Å²) in [5.74, 6) is 2.02. The number of ether oxygens (including phenoxy) is 2. The van der Waals surface area contributed by atoms with E-state index >= 15 is 0 Å². The van der Waals surface area contributed by atoms with Gasteiger partial charge >= 0.3 is 0 Å². The molecule has 4 aromatic rings. The highest BCUT2D eigenvalue weighted by atomic mass is 32.1. The molecule has 0 amide bonds. The molecule has 140 valence electrons. The average molecular weight is 390 g/mol. The third-order valence-corrected chi connectivity index (χ3v) is 5.00. The maximum atomic E-state index is 5.32. The van der Waals surface area contributed by atoms with Crippen molar-refractivity contribution < 1.29 is 9.47 Å². The van der Waals surface area contributed by atoms with Gasteiger partial charge in [0.1, 0.15) is 22.2 Å². The summed E-state index contributed by atoms with van der Waals surface area (Å²) in [7, 11) is 3.24. The molecule has 1 N–H and O–H groups in total. The minimum atomic E-state index is 0.634. The number of nitrogens with zero attached hydrogens (tertiary/aromatic N) is 3. The van der Waals surface area contributed by atoms with E-state index < -0.39 is 0 Å². The van der Waals surface area contributed by atoms with Gasteiger partial charge in [0.05, 0.1) is 30.7 Å². The second-order valence-electron chi connectivity index (χ2n) is 5.88. The van der Waals surface area contributed by atoms with Crippen LogP contribution in [0.3, 0.4) is 0 Å². The number of hydrogen-bond acceptors (Lipinski definition) is 7. The van der Waals surface area contributed by atoms with E-state index in [0.29, 0.717) is 23.0 Å². The number of nitrogens with one attached hydrogen (secondary N) is 1. The summed E-state index contributed by atoms with van der Waals surface area (Å²) in [6.07, 6.45) is 3.48. The molecule has 0 spiro atoms. The number of hydrogen-bond donors (Lipinski definition) is 1. The van der Waals surface area contributed by atoms with Gasteiger partial charge in [-0.05, 0) is 24.3 Å². The molecule has 0 atom stereocenters. The molecule has 2 aromatic heterocycles. The van der Waals surface area contributed by atoms with Crippen molar-refractivity contribution in [1.29, 1.82) is 0 Å². The number of aromatic nitrogens is 2.